The van der Waals surface area contributed by atoms with Crippen LogP contribution in [-0.2, 0) is 9.53 Å². The molecule has 1 atom stereocenters. The molecule has 2 aromatic heterocycles. The average molecular weight is 488 g/mol. The number of benzene rings is 1. The monoisotopic (exact) mass is 487 g/mol. The summed E-state index contributed by atoms with van der Waals surface area (Å²) in [6.45, 7) is 3.15. The molecule has 1 aliphatic heterocycles. The Morgan fingerprint density at radius 1 is 1.18 bits per heavy atom. The van der Waals surface area contributed by atoms with E-state index < -0.39 is 24.0 Å². The molecule has 0 spiro atoms. The van der Waals surface area contributed by atoms with Crippen LogP contribution >= 0.6 is 22.9 Å². The Hall–Kier alpha value is -3.24. The fraction of sp³-hybridized carbons (Fsp3) is 0.318. The Labute approximate surface area is 198 Å². The lowest BCUT2D eigenvalue weighted by Gasteiger charge is -2.25. The van der Waals surface area contributed by atoms with Gasteiger partial charge in [-0.15, -0.1) is 0 Å². The Morgan fingerprint density at radius 3 is 2.64 bits per heavy atom. The second-order valence-electron chi connectivity index (χ2n) is 7.66. The fourth-order valence-electron chi connectivity index (χ4n) is 3.57. The number of imide groups is 1. The van der Waals surface area contributed by atoms with E-state index in [-0.39, 0.29) is 5.56 Å². The number of ether oxygens (including phenoxy) is 1. The van der Waals surface area contributed by atoms with Crippen LogP contribution in [0.2, 0.25) is 5.02 Å². The molecular weight excluding hydrogens is 466 g/mol. The number of hydrogen-bond donors (Lipinski definition) is 2. The molecule has 0 saturated carbocycles. The third-order valence-electron chi connectivity index (χ3n) is 5.22. The molecule has 1 aromatic carbocycles. The number of carbonyl (C=O) groups excluding carboxylic acids is 3. The minimum Gasteiger partial charge on any atom is -0.449 e. The van der Waals surface area contributed by atoms with Gasteiger partial charge in [0.1, 0.15) is 0 Å². The molecule has 3 heterocycles. The highest BCUT2D eigenvalue weighted by molar-refractivity contribution is 7.22. The van der Waals surface area contributed by atoms with Gasteiger partial charge in [0, 0.05) is 23.7 Å². The van der Waals surface area contributed by atoms with E-state index in [9.17, 15) is 14.4 Å². The highest BCUT2D eigenvalue weighted by Gasteiger charge is 2.25. The lowest BCUT2D eigenvalue weighted by molar-refractivity contribution is -0.127. The molecule has 0 radical (unpaired) electrons. The predicted molar refractivity (Wildman–Crippen MR) is 127 cm³/mol. The number of halogens is 1. The highest BCUT2D eigenvalue weighted by atomic mass is 35.5. The fourth-order valence-corrected chi connectivity index (χ4v) is 4.82. The van der Waals surface area contributed by atoms with Gasteiger partial charge in [0.15, 0.2) is 16.9 Å². The molecule has 1 fully saturated rings. The second-order valence-corrected chi connectivity index (χ2v) is 9.08. The number of urea groups is 1. The maximum atomic E-state index is 13.1. The van der Waals surface area contributed by atoms with Gasteiger partial charge in [0.2, 0.25) is 0 Å². The van der Waals surface area contributed by atoms with E-state index in [1.165, 1.54) is 24.7 Å². The minimum absolute atomic E-state index is 0.231. The normalized spacial score (nSPS) is 14.7. The number of nitrogens with zero attached hydrogens (tertiary/aromatic N) is 3. The molecule has 3 amide bonds. The summed E-state index contributed by atoms with van der Waals surface area (Å²) >= 11 is 7.51. The first-order valence-electron chi connectivity index (χ1n) is 10.5. The Kier molecular flexibility index (Phi) is 6.75. The molecule has 9 nitrogen and oxygen atoms in total. The number of esters is 1. The van der Waals surface area contributed by atoms with Gasteiger partial charge in [-0.05, 0) is 44.4 Å². The van der Waals surface area contributed by atoms with Crippen LogP contribution in [0.1, 0.15) is 36.5 Å². The van der Waals surface area contributed by atoms with Gasteiger partial charge >= 0.3 is 12.0 Å². The number of amides is 3. The van der Waals surface area contributed by atoms with Crippen molar-refractivity contribution in [2.24, 2.45) is 5.73 Å². The molecule has 0 aliphatic carbocycles. The molecular formula is C22H22ClN5O4S. The number of nitrogens with two attached hydrogens (primary N) is 1. The van der Waals surface area contributed by atoms with E-state index in [1.807, 2.05) is 11.4 Å². The summed E-state index contributed by atoms with van der Waals surface area (Å²) in [7, 11) is 0. The number of primary amides is 1. The van der Waals surface area contributed by atoms with E-state index >= 15 is 0 Å². The molecule has 0 unspecified atom stereocenters. The topological polar surface area (TPSA) is 128 Å². The number of rotatable bonds is 5. The third-order valence-corrected chi connectivity index (χ3v) is 6.59. The molecule has 33 heavy (non-hydrogen) atoms. The van der Waals surface area contributed by atoms with Crippen LogP contribution in [0.5, 0.6) is 0 Å². The zero-order valence-corrected chi connectivity index (χ0v) is 19.4. The number of piperidine rings is 1. The number of fused-ring (bicyclic) bond motifs is 1. The summed E-state index contributed by atoms with van der Waals surface area (Å²) in [4.78, 5) is 47.6. The number of anilines is 1. The number of carbonyl (C=O) groups is 3. The van der Waals surface area contributed by atoms with Crippen molar-refractivity contribution < 1.29 is 19.1 Å². The number of aromatic nitrogens is 2. The second kappa shape index (κ2) is 9.72. The van der Waals surface area contributed by atoms with E-state index in [4.69, 9.17) is 27.1 Å². The van der Waals surface area contributed by atoms with Crippen molar-refractivity contribution in [1.29, 1.82) is 0 Å². The van der Waals surface area contributed by atoms with Crippen molar-refractivity contribution in [2.75, 3.05) is 18.0 Å². The Bertz CT molecular complexity index is 1220. The van der Waals surface area contributed by atoms with Gasteiger partial charge in [-0.3, -0.25) is 10.1 Å². The van der Waals surface area contributed by atoms with Crippen molar-refractivity contribution in [3.05, 3.63) is 40.9 Å². The van der Waals surface area contributed by atoms with Crippen LogP contribution in [0.25, 0.3) is 21.6 Å². The van der Waals surface area contributed by atoms with Crippen molar-refractivity contribution in [3.8, 4) is 11.3 Å². The van der Waals surface area contributed by atoms with Crippen LogP contribution in [-0.4, -0.2) is 47.1 Å². The summed E-state index contributed by atoms with van der Waals surface area (Å²) in [6, 6.07) is 7.69. The van der Waals surface area contributed by atoms with E-state index in [1.54, 1.807) is 24.3 Å². The Balaban J connectivity index is 1.74. The van der Waals surface area contributed by atoms with Gasteiger partial charge in [-0.1, -0.05) is 35.1 Å². The van der Waals surface area contributed by atoms with E-state index in [2.05, 4.69) is 9.88 Å². The van der Waals surface area contributed by atoms with Crippen molar-refractivity contribution in [2.45, 2.75) is 32.3 Å². The van der Waals surface area contributed by atoms with Crippen molar-refractivity contribution in [1.82, 2.24) is 15.3 Å². The van der Waals surface area contributed by atoms with Gasteiger partial charge < -0.3 is 15.4 Å². The summed E-state index contributed by atoms with van der Waals surface area (Å²) < 4.78 is 5.89. The highest BCUT2D eigenvalue weighted by Crippen LogP contribution is 2.35. The quantitative estimate of drug-likeness (QED) is 0.524. The molecule has 1 aliphatic rings. The van der Waals surface area contributed by atoms with Gasteiger partial charge in [0.05, 0.1) is 16.0 Å². The lowest BCUT2D eigenvalue weighted by atomic mass is 10.1. The maximum Gasteiger partial charge on any atom is 0.340 e. The van der Waals surface area contributed by atoms with Crippen LogP contribution in [0.3, 0.4) is 0 Å². The van der Waals surface area contributed by atoms with Crippen LogP contribution < -0.4 is 16.0 Å². The summed E-state index contributed by atoms with van der Waals surface area (Å²) in [6.07, 6.45) is 2.12. The van der Waals surface area contributed by atoms with Crippen LogP contribution in [0.4, 0.5) is 9.93 Å². The molecule has 11 heteroatoms. The maximum absolute atomic E-state index is 13.1. The SMILES string of the molecule is C[C@@H](OC(=O)c1cc(-c2cccc(Cl)c2)nc2nc(N3CCCCC3)sc12)C(=O)NC(N)=O. The van der Waals surface area contributed by atoms with Gasteiger partial charge in [0.25, 0.3) is 5.91 Å². The van der Waals surface area contributed by atoms with Crippen LogP contribution in [0.15, 0.2) is 30.3 Å². The smallest absolute Gasteiger partial charge is 0.340 e. The lowest BCUT2D eigenvalue weighted by Crippen LogP contribution is -2.42. The zero-order chi connectivity index (χ0) is 23.5. The van der Waals surface area contributed by atoms with Crippen molar-refractivity contribution in [3.63, 3.8) is 0 Å². The molecule has 4 rings (SSSR count). The average Bonchev–Trinajstić information content (AvgIpc) is 3.22. The largest absolute Gasteiger partial charge is 0.449 e. The van der Waals surface area contributed by atoms with Crippen molar-refractivity contribution >= 4 is 56.3 Å². The number of thiazole rings is 1. The summed E-state index contributed by atoms with van der Waals surface area (Å²) in [5.74, 6) is -1.54. The first-order valence-corrected chi connectivity index (χ1v) is 11.6. The number of hydrogen-bond acceptors (Lipinski definition) is 8. The van der Waals surface area contributed by atoms with Crippen LogP contribution in [0, 0.1) is 0 Å². The van der Waals surface area contributed by atoms with E-state index in [0.717, 1.165) is 31.1 Å². The Morgan fingerprint density at radius 2 is 1.94 bits per heavy atom. The predicted octanol–water partition coefficient (Wildman–Crippen LogP) is 3.74. The molecule has 3 aromatic rings. The third kappa shape index (κ3) is 5.23. The zero-order valence-electron chi connectivity index (χ0n) is 17.8. The number of nitrogens with one attached hydrogen (secondary N) is 1. The molecule has 172 valence electrons. The summed E-state index contributed by atoms with van der Waals surface area (Å²) in [5.41, 5.74) is 6.84. The van der Waals surface area contributed by atoms with Gasteiger partial charge in [-0.2, -0.15) is 4.98 Å². The van der Waals surface area contributed by atoms with E-state index in [0.29, 0.717) is 26.6 Å². The number of pyridine rings is 1. The molecule has 0 bridgehead atoms. The first kappa shape index (κ1) is 22.9. The molecule has 1 saturated heterocycles. The first-order chi connectivity index (χ1) is 15.8. The standard InChI is InChI=1S/C22H22ClN5O4S/c1-12(19(29)27-21(24)31)32-20(30)15-11-16(13-6-5-7-14(23)10-13)25-18-17(15)33-22(26-18)28-8-3-2-4-9-28/h5-7,10-12H,2-4,8-9H2,1H3,(H3,24,27,29,31)/t12-/m1/s1. The summed E-state index contributed by atoms with van der Waals surface area (Å²) in [5, 5.41) is 3.22. The minimum atomic E-state index is -1.22. The van der Waals surface area contributed by atoms with Gasteiger partial charge in [-0.25, -0.2) is 14.6 Å². The molecule has 3 N–H and O–H groups in total.